The van der Waals surface area contributed by atoms with Crippen molar-refractivity contribution in [3.8, 4) is 11.5 Å². The predicted octanol–water partition coefficient (Wildman–Crippen LogP) is 2.78. The first-order valence-electron chi connectivity index (χ1n) is 8.52. The molecular formula is C19H19N3O5S. The minimum atomic E-state index is -3.71. The van der Waals surface area contributed by atoms with E-state index in [1.54, 1.807) is 13.8 Å². The van der Waals surface area contributed by atoms with Crippen LogP contribution in [-0.2, 0) is 21.4 Å². The Morgan fingerprint density at radius 1 is 1.11 bits per heavy atom. The molecule has 9 heteroatoms. The highest BCUT2D eigenvalue weighted by Crippen LogP contribution is 2.18. The number of hydrogen-bond donors (Lipinski definition) is 1. The van der Waals surface area contributed by atoms with Crippen LogP contribution < -0.4 is 4.72 Å². The maximum atomic E-state index is 12.3. The van der Waals surface area contributed by atoms with E-state index in [-0.39, 0.29) is 29.0 Å². The van der Waals surface area contributed by atoms with Crippen LogP contribution in [0.3, 0.4) is 0 Å². The molecule has 0 amide bonds. The molecule has 1 heterocycles. The summed E-state index contributed by atoms with van der Waals surface area (Å²) >= 11 is 0. The number of benzene rings is 2. The molecular weight excluding hydrogens is 382 g/mol. The van der Waals surface area contributed by atoms with E-state index in [1.807, 2.05) is 30.3 Å². The van der Waals surface area contributed by atoms with Gasteiger partial charge in [0.1, 0.15) is 0 Å². The van der Waals surface area contributed by atoms with Gasteiger partial charge in [-0.1, -0.05) is 24.3 Å². The number of carbonyl (C=O) groups is 1. The Kier molecular flexibility index (Phi) is 5.86. The van der Waals surface area contributed by atoms with Crippen LogP contribution in [-0.4, -0.2) is 30.6 Å². The van der Waals surface area contributed by atoms with Gasteiger partial charge in [-0.2, -0.15) is 0 Å². The molecule has 0 unspecified atom stereocenters. The van der Waals surface area contributed by atoms with Gasteiger partial charge in [0.05, 0.1) is 10.5 Å². The van der Waals surface area contributed by atoms with Crippen molar-refractivity contribution < 1.29 is 22.4 Å². The second-order valence-electron chi connectivity index (χ2n) is 6.25. The summed E-state index contributed by atoms with van der Waals surface area (Å²) in [7, 11) is -3.71. The molecule has 0 saturated carbocycles. The van der Waals surface area contributed by atoms with Crippen molar-refractivity contribution in [2.45, 2.75) is 31.4 Å². The summed E-state index contributed by atoms with van der Waals surface area (Å²) < 4.78 is 37.6. The number of nitrogens with one attached hydrogen (secondary N) is 1. The van der Waals surface area contributed by atoms with Crippen LogP contribution in [0.1, 0.15) is 30.1 Å². The lowest BCUT2D eigenvalue weighted by atomic mass is 10.2. The van der Waals surface area contributed by atoms with Gasteiger partial charge in [0.2, 0.25) is 15.9 Å². The zero-order valence-electron chi connectivity index (χ0n) is 15.3. The molecule has 0 spiro atoms. The van der Waals surface area contributed by atoms with Gasteiger partial charge in [0, 0.05) is 11.6 Å². The van der Waals surface area contributed by atoms with Gasteiger partial charge in [0.15, 0.2) is 6.61 Å². The van der Waals surface area contributed by atoms with Gasteiger partial charge in [-0.3, -0.25) is 0 Å². The normalized spacial score (nSPS) is 11.5. The Morgan fingerprint density at radius 2 is 1.86 bits per heavy atom. The minimum Gasteiger partial charge on any atom is -0.452 e. The van der Waals surface area contributed by atoms with Gasteiger partial charge in [0.25, 0.3) is 5.89 Å². The predicted molar refractivity (Wildman–Crippen MR) is 101 cm³/mol. The fourth-order valence-electron chi connectivity index (χ4n) is 2.39. The molecule has 3 rings (SSSR count). The molecule has 0 aliphatic carbocycles. The zero-order valence-corrected chi connectivity index (χ0v) is 16.1. The number of aromatic nitrogens is 2. The van der Waals surface area contributed by atoms with Gasteiger partial charge in [-0.15, -0.1) is 10.2 Å². The highest BCUT2D eigenvalue weighted by Gasteiger charge is 2.18. The molecule has 8 nitrogen and oxygen atoms in total. The Hall–Kier alpha value is -3.04. The topological polar surface area (TPSA) is 111 Å². The number of carbonyl (C=O) groups excluding carboxylic acids is 1. The summed E-state index contributed by atoms with van der Waals surface area (Å²) in [6.45, 7) is 3.20. The molecule has 3 aromatic rings. The molecule has 28 heavy (non-hydrogen) atoms. The van der Waals surface area contributed by atoms with Crippen molar-refractivity contribution >= 4 is 16.0 Å². The van der Waals surface area contributed by atoms with Crippen LogP contribution in [0, 0.1) is 0 Å². The number of nitrogens with zero attached hydrogens (tertiary/aromatic N) is 2. The fraction of sp³-hybridized carbons (Fsp3) is 0.211. The van der Waals surface area contributed by atoms with E-state index in [0.29, 0.717) is 5.89 Å². The van der Waals surface area contributed by atoms with Crippen LogP contribution in [0.15, 0.2) is 63.9 Å². The van der Waals surface area contributed by atoms with Crippen LogP contribution in [0.25, 0.3) is 11.5 Å². The number of hydrogen-bond acceptors (Lipinski definition) is 7. The van der Waals surface area contributed by atoms with Gasteiger partial charge in [-0.05, 0) is 44.2 Å². The molecule has 0 bridgehead atoms. The summed E-state index contributed by atoms with van der Waals surface area (Å²) in [6.07, 6.45) is 0. The maximum Gasteiger partial charge on any atom is 0.338 e. The molecule has 0 saturated heterocycles. The van der Waals surface area contributed by atoms with E-state index in [0.717, 1.165) is 5.56 Å². The third-order valence-corrected chi connectivity index (χ3v) is 5.24. The lowest BCUT2D eigenvalue weighted by Crippen LogP contribution is -2.30. The highest BCUT2D eigenvalue weighted by atomic mass is 32.2. The Morgan fingerprint density at radius 3 is 2.57 bits per heavy atom. The quantitative estimate of drug-likeness (QED) is 0.606. The van der Waals surface area contributed by atoms with Crippen molar-refractivity contribution in [1.82, 2.24) is 14.9 Å². The van der Waals surface area contributed by atoms with Gasteiger partial charge >= 0.3 is 5.97 Å². The smallest absolute Gasteiger partial charge is 0.338 e. The monoisotopic (exact) mass is 401 g/mol. The molecule has 1 N–H and O–H groups in total. The van der Waals surface area contributed by atoms with Crippen molar-refractivity contribution in [3.05, 3.63) is 66.1 Å². The average Bonchev–Trinajstić information content (AvgIpc) is 3.15. The van der Waals surface area contributed by atoms with Gasteiger partial charge in [-0.25, -0.2) is 17.9 Å². The van der Waals surface area contributed by atoms with E-state index in [9.17, 15) is 13.2 Å². The molecule has 1 aromatic heterocycles. The lowest BCUT2D eigenvalue weighted by molar-refractivity contribution is 0.0438. The number of esters is 1. The second-order valence-corrected chi connectivity index (χ2v) is 7.96. The summed E-state index contributed by atoms with van der Waals surface area (Å²) in [5, 5.41) is 7.76. The van der Waals surface area contributed by atoms with Crippen molar-refractivity contribution in [2.75, 3.05) is 0 Å². The first kappa shape index (κ1) is 19.7. The van der Waals surface area contributed by atoms with Crippen molar-refractivity contribution in [1.29, 1.82) is 0 Å². The largest absolute Gasteiger partial charge is 0.452 e. The number of sulfonamides is 1. The van der Waals surface area contributed by atoms with E-state index < -0.39 is 16.0 Å². The van der Waals surface area contributed by atoms with Crippen LogP contribution in [0.5, 0.6) is 0 Å². The van der Waals surface area contributed by atoms with E-state index in [2.05, 4.69) is 14.9 Å². The maximum absolute atomic E-state index is 12.3. The number of ether oxygens (including phenoxy) is 1. The first-order valence-corrected chi connectivity index (χ1v) is 10.0. The second kappa shape index (κ2) is 8.32. The van der Waals surface area contributed by atoms with E-state index >= 15 is 0 Å². The third-order valence-electron chi connectivity index (χ3n) is 3.59. The molecule has 0 aliphatic heterocycles. The molecule has 0 atom stereocenters. The summed E-state index contributed by atoms with van der Waals surface area (Å²) in [5.74, 6) is -0.238. The molecule has 2 aromatic carbocycles. The summed E-state index contributed by atoms with van der Waals surface area (Å²) in [4.78, 5) is 12.3. The van der Waals surface area contributed by atoms with Crippen molar-refractivity contribution in [2.24, 2.45) is 0 Å². The molecule has 0 fully saturated rings. The van der Waals surface area contributed by atoms with Crippen LogP contribution >= 0.6 is 0 Å². The fourth-order valence-corrected chi connectivity index (χ4v) is 3.69. The van der Waals surface area contributed by atoms with Crippen molar-refractivity contribution in [3.63, 3.8) is 0 Å². The zero-order chi connectivity index (χ0) is 20.1. The Balaban J connectivity index is 1.67. The summed E-state index contributed by atoms with van der Waals surface area (Å²) in [5.41, 5.74) is 0.859. The average molecular weight is 401 g/mol. The Bertz CT molecular complexity index is 1060. The summed E-state index contributed by atoms with van der Waals surface area (Å²) in [6, 6.07) is 14.5. The molecule has 146 valence electrons. The van der Waals surface area contributed by atoms with Gasteiger partial charge < -0.3 is 9.15 Å². The molecule has 0 radical (unpaired) electrons. The first-order chi connectivity index (χ1) is 13.3. The van der Waals surface area contributed by atoms with Crippen LogP contribution in [0.4, 0.5) is 0 Å². The van der Waals surface area contributed by atoms with Crippen LogP contribution in [0.2, 0.25) is 0 Å². The Labute approximate surface area is 162 Å². The standard InChI is InChI=1S/C19H19N3O5S/c1-13(2)22-28(24,25)16-10-6-9-15(11-16)19(23)26-12-17-20-21-18(27-17)14-7-4-3-5-8-14/h3-11,13,22H,12H2,1-2H3. The highest BCUT2D eigenvalue weighted by molar-refractivity contribution is 7.89. The van der Waals surface area contributed by atoms with E-state index in [4.69, 9.17) is 9.15 Å². The number of rotatable bonds is 7. The minimum absolute atomic E-state index is 0.0141. The SMILES string of the molecule is CC(C)NS(=O)(=O)c1cccc(C(=O)OCc2nnc(-c3ccccc3)o2)c1. The third kappa shape index (κ3) is 4.81. The lowest BCUT2D eigenvalue weighted by Gasteiger charge is -2.10. The molecule has 0 aliphatic rings. The van der Waals surface area contributed by atoms with E-state index in [1.165, 1.54) is 24.3 Å².